The van der Waals surface area contributed by atoms with Crippen LogP contribution in [0.5, 0.6) is 0 Å². The van der Waals surface area contributed by atoms with Gasteiger partial charge in [-0.3, -0.25) is 0 Å². The van der Waals surface area contributed by atoms with Crippen LogP contribution in [-0.2, 0) is 6.54 Å². The molecule has 0 fully saturated rings. The van der Waals surface area contributed by atoms with Crippen molar-refractivity contribution in [3.8, 4) is 0 Å². The minimum absolute atomic E-state index is 0.316. The molecule has 0 radical (unpaired) electrons. The van der Waals surface area contributed by atoms with Gasteiger partial charge < -0.3 is 5.73 Å². The quantitative estimate of drug-likeness (QED) is 0.464. The van der Waals surface area contributed by atoms with E-state index >= 15 is 0 Å². The Morgan fingerprint density at radius 2 is 2.43 bits per heavy atom. The molecule has 0 bridgehead atoms. The summed E-state index contributed by atoms with van der Waals surface area (Å²) in [5.41, 5.74) is 15.6. The molecule has 0 saturated heterocycles. The third-order valence-corrected chi connectivity index (χ3v) is 2.67. The Balaban J connectivity index is 2.57. The fourth-order valence-electron chi connectivity index (χ4n) is 1.26. The molecular weight excluding hydrogens is 198 g/mol. The Hall–Kier alpha value is -1.78. The molecule has 0 atom stereocenters. The van der Waals surface area contributed by atoms with Gasteiger partial charge >= 0.3 is 0 Å². The highest BCUT2D eigenvalue weighted by Crippen LogP contribution is 2.26. The van der Waals surface area contributed by atoms with E-state index in [1.54, 1.807) is 0 Å². The summed E-state index contributed by atoms with van der Waals surface area (Å²) < 4.78 is 1.02. The Morgan fingerprint density at radius 3 is 3.21 bits per heavy atom. The Kier molecular flexibility index (Phi) is 2.22. The van der Waals surface area contributed by atoms with Crippen molar-refractivity contribution in [2.75, 3.05) is 5.73 Å². The van der Waals surface area contributed by atoms with Gasteiger partial charge in [0.2, 0.25) is 0 Å². The van der Waals surface area contributed by atoms with Gasteiger partial charge in [0.1, 0.15) is 0 Å². The lowest BCUT2D eigenvalue weighted by Crippen LogP contribution is -1.84. The number of thiazole rings is 1. The Labute approximate surface area is 83.8 Å². The van der Waals surface area contributed by atoms with Gasteiger partial charge in [-0.2, -0.15) is 0 Å². The maximum atomic E-state index is 8.22. The highest BCUT2D eigenvalue weighted by molar-refractivity contribution is 7.22. The highest BCUT2D eigenvalue weighted by atomic mass is 32.1. The lowest BCUT2D eigenvalue weighted by molar-refractivity contribution is 1.06. The summed E-state index contributed by atoms with van der Waals surface area (Å²) in [6, 6.07) is 5.74. The van der Waals surface area contributed by atoms with E-state index in [1.807, 2.05) is 18.2 Å². The van der Waals surface area contributed by atoms with Crippen molar-refractivity contribution in [3.63, 3.8) is 0 Å². The van der Waals surface area contributed by atoms with Gasteiger partial charge in [-0.05, 0) is 17.2 Å². The monoisotopic (exact) mass is 205 g/mol. The molecule has 6 heteroatoms. The standard InChI is InChI=1S/C8H7N5S/c9-8-12-7-5(4-11-13-10)2-1-3-6(7)14-8/h1-3H,4H2,(H2,9,12). The number of nitrogen functional groups attached to an aromatic ring is 1. The smallest absolute Gasteiger partial charge is 0.181 e. The zero-order valence-electron chi connectivity index (χ0n) is 7.21. The van der Waals surface area contributed by atoms with Crippen LogP contribution in [0.2, 0.25) is 0 Å². The number of benzene rings is 1. The molecule has 1 aromatic carbocycles. The summed E-state index contributed by atoms with van der Waals surface area (Å²) >= 11 is 1.43. The van der Waals surface area contributed by atoms with E-state index in [1.165, 1.54) is 11.3 Å². The summed E-state index contributed by atoms with van der Waals surface area (Å²) in [6.45, 7) is 0.316. The molecule has 0 saturated carbocycles. The Bertz CT molecular complexity index is 511. The van der Waals surface area contributed by atoms with Crippen molar-refractivity contribution in [2.24, 2.45) is 5.11 Å². The molecule has 70 valence electrons. The second-order valence-electron chi connectivity index (χ2n) is 2.70. The predicted octanol–water partition coefficient (Wildman–Crippen LogP) is 2.69. The van der Waals surface area contributed by atoms with Gasteiger partial charge in [0.05, 0.1) is 16.8 Å². The first-order chi connectivity index (χ1) is 6.81. The van der Waals surface area contributed by atoms with Crippen molar-refractivity contribution in [1.82, 2.24) is 4.98 Å². The first kappa shape index (κ1) is 8.80. The number of para-hydroxylation sites is 1. The van der Waals surface area contributed by atoms with E-state index in [-0.39, 0.29) is 0 Å². The number of nitrogens with two attached hydrogens (primary N) is 1. The molecule has 0 spiro atoms. The second-order valence-corrected chi connectivity index (χ2v) is 3.77. The van der Waals surface area contributed by atoms with Crippen molar-refractivity contribution in [1.29, 1.82) is 0 Å². The largest absolute Gasteiger partial charge is 0.375 e. The molecule has 0 aliphatic carbocycles. The van der Waals surface area contributed by atoms with Gasteiger partial charge in [-0.1, -0.05) is 28.6 Å². The number of hydrogen-bond donors (Lipinski definition) is 1. The van der Waals surface area contributed by atoms with Crippen LogP contribution in [-0.4, -0.2) is 4.98 Å². The molecule has 2 N–H and O–H groups in total. The van der Waals surface area contributed by atoms with Gasteiger partial charge in [0.15, 0.2) is 5.13 Å². The average molecular weight is 205 g/mol. The van der Waals surface area contributed by atoms with Gasteiger partial charge in [0, 0.05) is 4.91 Å². The van der Waals surface area contributed by atoms with Gasteiger partial charge in [0.25, 0.3) is 0 Å². The topological polar surface area (TPSA) is 87.7 Å². The number of nitrogens with zero attached hydrogens (tertiary/aromatic N) is 4. The molecule has 1 aromatic heterocycles. The number of aromatic nitrogens is 1. The van der Waals surface area contributed by atoms with E-state index < -0.39 is 0 Å². The number of fused-ring (bicyclic) bond motifs is 1. The van der Waals surface area contributed by atoms with Crippen molar-refractivity contribution in [2.45, 2.75) is 6.54 Å². The molecular formula is C8H7N5S. The minimum Gasteiger partial charge on any atom is -0.375 e. The number of hydrogen-bond acceptors (Lipinski definition) is 4. The number of rotatable bonds is 2. The summed E-state index contributed by atoms with van der Waals surface area (Å²) in [4.78, 5) is 6.89. The predicted molar refractivity (Wildman–Crippen MR) is 56.9 cm³/mol. The van der Waals surface area contributed by atoms with Crippen LogP contribution >= 0.6 is 11.3 Å². The van der Waals surface area contributed by atoms with E-state index in [0.717, 1.165) is 15.8 Å². The highest BCUT2D eigenvalue weighted by Gasteiger charge is 2.04. The van der Waals surface area contributed by atoms with Crippen molar-refractivity contribution < 1.29 is 0 Å². The molecule has 2 aromatic rings. The SMILES string of the molecule is [N-]=[N+]=NCc1cccc2sc(N)nc12. The third kappa shape index (κ3) is 1.48. The van der Waals surface area contributed by atoms with Gasteiger partial charge in [-0.25, -0.2) is 4.98 Å². The molecule has 0 aliphatic rings. The van der Waals surface area contributed by atoms with E-state index in [0.29, 0.717) is 11.7 Å². The summed E-state index contributed by atoms with van der Waals surface area (Å²) in [5, 5.41) is 4.04. The van der Waals surface area contributed by atoms with Crippen LogP contribution in [0.4, 0.5) is 5.13 Å². The fraction of sp³-hybridized carbons (Fsp3) is 0.125. The van der Waals surface area contributed by atoms with Crippen molar-refractivity contribution in [3.05, 3.63) is 34.2 Å². The van der Waals surface area contributed by atoms with E-state index in [9.17, 15) is 0 Å². The van der Waals surface area contributed by atoms with Crippen LogP contribution in [0.25, 0.3) is 20.7 Å². The van der Waals surface area contributed by atoms with E-state index in [4.69, 9.17) is 11.3 Å². The van der Waals surface area contributed by atoms with E-state index in [2.05, 4.69) is 15.0 Å². The molecule has 0 aliphatic heterocycles. The number of anilines is 1. The molecule has 2 rings (SSSR count). The normalized spacial score (nSPS) is 10.0. The zero-order chi connectivity index (χ0) is 9.97. The van der Waals surface area contributed by atoms with Crippen LogP contribution in [0.3, 0.4) is 0 Å². The van der Waals surface area contributed by atoms with Crippen LogP contribution in [0.15, 0.2) is 23.3 Å². The lowest BCUT2D eigenvalue weighted by atomic mass is 10.2. The molecule has 14 heavy (non-hydrogen) atoms. The van der Waals surface area contributed by atoms with Crippen LogP contribution < -0.4 is 5.73 Å². The van der Waals surface area contributed by atoms with Crippen LogP contribution in [0.1, 0.15) is 5.56 Å². The maximum absolute atomic E-state index is 8.22. The average Bonchev–Trinajstić information content (AvgIpc) is 2.55. The number of azide groups is 1. The first-order valence-corrected chi connectivity index (χ1v) is 4.77. The van der Waals surface area contributed by atoms with Crippen molar-refractivity contribution >= 4 is 26.7 Å². The van der Waals surface area contributed by atoms with Gasteiger partial charge in [-0.15, -0.1) is 0 Å². The molecule has 0 unspecified atom stereocenters. The first-order valence-electron chi connectivity index (χ1n) is 3.96. The molecule has 0 amide bonds. The maximum Gasteiger partial charge on any atom is 0.181 e. The minimum atomic E-state index is 0.316. The second kappa shape index (κ2) is 3.53. The Morgan fingerprint density at radius 1 is 1.57 bits per heavy atom. The summed E-state index contributed by atoms with van der Waals surface area (Å²) in [6.07, 6.45) is 0. The third-order valence-electron chi connectivity index (χ3n) is 1.82. The molecule has 1 heterocycles. The van der Waals surface area contributed by atoms with Crippen LogP contribution in [0, 0.1) is 0 Å². The lowest BCUT2D eigenvalue weighted by Gasteiger charge is -1.95. The molecule has 5 nitrogen and oxygen atoms in total. The zero-order valence-corrected chi connectivity index (χ0v) is 8.03. The fourth-order valence-corrected chi connectivity index (χ4v) is 2.04. The summed E-state index contributed by atoms with van der Waals surface area (Å²) in [5.74, 6) is 0. The summed E-state index contributed by atoms with van der Waals surface area (Å²) in [7, 11) is 0.